The van der Waals surface area contributed by atoms with Gasteiger partial charge in [0.25, 0.3) is 0 Å². The van der Waals surface area contributed by atoms with E-state index in [2.05, 4.69) is 6.58 Å². The Hall–Kier alpha value is -0.693. The largest absolute Gasteiger partial charge is 0.498 e. The van der Waals surface area contributed by atoms with Crippen molar-refractivity contribution in [1.82, 2.24) is 0 Å². The summed E-state index contributed by atoms with van der Waals surface area (Å²) in [5, 5.41) is 0. The van der Waals surface area contributed by atoms with Gasteiger partial charge in [-0.2, -0.15) is 0 Å². The predicted molar refractivity (Wildman–Crippen MR) is 80.4 cm³/mol. The number of carbonyl (C=O) groups excluding carboxylic acids is 1. The molecule has 0 spiro atoms. The summed E-state index contributed by atoms with van der Waals surface area (Å²) in [5.74, 6) is -0.397. The van der Waals surface area contributed by atoms with Gasteiger partial charge in [-0.1, -0.05) is 6.58 Å². The lowest BCUT2D eigenvalue weighted by molar-refractivity contribution is -0.138. The highest BCUT2D eigenvalue weighted by atomic mass is 28.4. The Bertz CT molecular complexity index is 298. The third-order valence-electron chi connectivity index (χ3n) is 2.61. The van der Waals surface area contributed by atoms with Crippen LogP contribution < -0.4 is 0 Å². The number of ether oxygens (including phenoxy) is 1. The van der Waals surface area contributed by atoms with Crippen molar-refractivity contribution in [1.29, 1.82) is 0 Å². The lowest BCUT2D eigenvalue weighted by Crippen LogP contribution is -2.49. The second-order valence-corrected chi connectivity index (χ2v) is 7.57. The van der Waals surface area contributed by atoms with Gasteiger partial charge in [-0.05, 0) is 40.5 Å². The van der Waals surface area contributed by atoms with Crippen molar-refractivity contribution in [3.8, 4) is 0 Å². The molecule has 0 saturated carbocycles. The Balaban J connectivity index is 4.26. The maximum absolute atomic E-state index is 10.9. The molecule has 0 rings (SSSR count). The fraction of sp³-hybridized carbons (Fsp3) is 0.786. The molecular formula is C14H28O5Si. The Morgan fingerprint density at radius 2 is 1.80 bits per heavy atom. The van der Waals surface area contributed by atoms with Gasteiger partial charge in [0, 0.05) is 25.8 Å². The van der Waals surface area contributed by atoms with Crippen LogP contribution in [0.5, 0.6) is 0 Å². The zero-order valence-electron chi connectivity index (χ0n) is 13.4. The van der Waals surface area contributed by atoms with Gasteiger partial charge < -0.3 is 18.0 Å². The molecule has 20 heavy (non-hydrogen) atoms. The Labute approximate surface area is 123 Å². The maximum Gasteiger partial charge on any atom is 0.498 e. The number of carbonyl (C=O) groups is 1. The van der Waals surface area contributed by atoms with Crippen LogP contribution >= 0.6 is 0 Å². The van der Waals surface area contributed by atoms with E-state index in [1.54, 1.807) is 0 Å². The molecule has 0 aliphatic carbocycles. The fourth-order valence-corrected chi connectivity index (χ4v) is 4.26. The molecule has 0 bridgehead atoms. The molecule has 0 atom stereocenters. The lowest BCUT2D eigenvalue weighted by Gasteiger charge is -2.35. The molecule has 0 aliphatic rings. The van der Waals surface area contributed by atoms with Crippen LogP contribution in [0.15, 0.2) is 12.7 Å². The average molecular weight is 304 g/mol. The summed E-state index contributed by atoms with van der Waals surface area (Å²) in [7, 11) is -2.60. The SMILES string of the molecule is C=CC(=O)OCCCC(C)(C)O[Si](C)(OCC)OCC. The van der Waals surface area contributed by atoms with Gasteiger partial charge >= 0.3 is 14.8 Å². The number of hydrogen-bond acceptors (Lipinski definition) is 5. The monoisotopic (exact) mass is 304 g/mol. The quantitative estimate of drug-likeness (QED) is 0.254. The van der Waals surface area contributed by atoms with Gasteiger partial charge in [0.1, 0.15) is 0 Å². The van der Waals surface area contributed by atoms with Gasteiger partial charge in [-0.25, -0.2) is 4.79 Å². The molecule has 5 nitrogen and oxygen atoms in total. The maximum atomic E-state index is 10.9. The second kappa shape index (κ2) is 9.28. The Kier molecular flexibility index (Phi) is 8.96. The minimum atomic E-state index is -2.60. The highest BCUT2D eigenvalue weighted by molar-refractivity contribution is 6.59. The van der Waals surface area contributed by atoms with Gasteiger partial charge in [-0.15, -0.1) is 0 Å². The number of hydrogen-bond donors (Lipinski definition) is 0. The van der Waals surface area contributed by atoms with Gasteiger partial charge in [-0.3, -0.25) is 0 Å². The zero-order chi connectivity index (χ0) is 15.6. The minimum Gasteiger partial charge on any atom is -0.463 e. The molecule has 118 valence electrons. The van der Waals surface area contributed by atoms with Crippen molar-refractivity contribution in [2.45, 2.75) is 52.7 Å². The molecule has 6 heteroatoms. The van der Waals surface area contributed by atoms with Crippen LogP contribution in [0.3, 0.4) is 0 Å². The molecule has 0 aromatic heterocycles. The van der Waals surface area contributed by atoms with Gasteiger partial charge in [0.05, 0.1) is 12.2 Å². The number of esters is 1. The van der Waals surface area contributed by atoms with Gasteiger partial charge in [0.15, 0.2) is 0 Å². The fourth-order valence-electron chi connectivity index (χ4n) is 1.91. The summed E-state index contributed by atoms with van der Waals surface area (Å²) < 4.78 is 22.3. The third kappa shape index (κ3) is 8.47. The van der Waals surface area contributed by atoms with E-state index < -0.39 is 14.8 Å². The Morgan fingerprint density at radius 1 is 1.25 bits per heavy atom. The molecule has 0 fully saturated rings. The van der Waals surface area contributed by atoms with E-state index in [0.29, 0.717) is 19.8 Å². The molecule has 0 saturated heterocycles. The van der Waals surface area contributed by atoms with Crippen molar-refractivity contribution in [2.24, 2.45) is 0 Å². The van der Waals surface area contributed by atoms with Crippen molar-refractivity contribution in [2.75, 3.05) is 19.8 Å². The molecule has 0 aromatic carbocycles. The highest BCUT2D eigenvalue weighted by Gasteiger charge is 2.39. The first kappa shape index (κ1) is 19.3. The van der Waals surface area contributed by atoms with E-state index >= 15 is 0 Å². The summed E-state index contributed by atoms with van der Waals surface area (Å²) in [4.78, 5) is 10.9. The van der Waals surface area contributed by atoms with Crippen molar-refractivity contribution in [3.05, 3.63) is 12.7 Å². The molecular weight excluding hydrogens is 276 g/mol. The number of rotatable bonds is 11. The van der Waals surface area contributed by atoms with Crippen molar-refractivity contribution >= 4 is 14.8 Å². The molecule has 0 radical (unpaired) electrons. The second-order valence-electron chi connectivity index (χ2n) is 5.07. The van der Waals surface area contributed by atoms with Crippen LogP contribution in [0.4, 0.5) is 0 Å². The zero-order valence-corrected chi connectivity index (χ0v) is 14.4. The van der Waals surface area contributed by atoms with Crippen LogP contribution in [-0.2, 0) is 22.8 Å². The van der Waals surface area contributed by atoms with Gasteiger partial charge in [0.2, 0.25) is 0 Å². The standard InChI is InChI=1S/C14H28O5Si/c1-7-13(15)16-12-10-11-14(4,5)19-20(6,17-8-2)18-9-3/h7H,1,8-12H2,2-6H3. The van der Waals surface area contributed by atoms with E-state index in [9.17, 15) is 4.79 Å². The highest BCUT2D eigenvalue weighted by Crippen LogP contribution is 2.24. The van der Waals surface area contributed by atoms with Crippen molar-refractivity contribution < 1.29 is 22.8 Å². The molecule has 0 aliphatic heterocycles. The average Bonchev–Trinajstić information content (AvgIpc) is 2.33. The van der Waals surface area contributed by atoms with Crippen LogP contribution in [0, 0.1) is 0 Å². The molecule has 0 heterocycles. The van der Waals surface area contributed by atoms with Crippen LogP contribution in [-0.4, -0.2) is 40.2 Å². The van der Waals surface area contributed by atoms with Crippen LogP contribution in [0.25, 0.3) is 0 Å². The first-order valence-corrected chi connectivity index (χ1v) is 9.28. The molecule has 0 amide bonds. The first-order chi connectivity index (χ1) is 9.28. The summed E-state index contributed by atoms with van der Waals surface area (Å²) in [6, 6.07) is 0. The third-order valence-corrected chi connectivity index (χ3v) is 5.16. The van der Waals surface area contributed by atoms with E-state index in [4.69, 9.17) is 18.0 Å². The summed E-state index contributed by atoms with van der Waals surface area (Å²) in [5.41, 5.74) is -0.383. The van der Waals surface area contributed by atoms with E-state index in [1.165, 1.54) is 0 Å². The smallest absolute Gasteiger partial charge is 0.463 e. The first-order valence-electron chi connectivity index (χ1n) is 7.06. The van der Waals surface area contributed by atoms with E-state index in [0.717, 1.165) is 18.9 Å². The van der Waals surface area contributed by atoms with Crippen LogP contribution in [0.2, 0.25) is 6.55 Å². The Morgan fingerprint density at radius 3 is 2.25 bits per heavy atom. The topological polar surface area (TPSA) is 54.0 Å². The van der Waals surface area contributed by atoms with Crippen molar-refractivity contribution in [3.63, 3.8) is 0 Å². The molecule has 0 N–H and O–H groups in total. The minimum absolute atomic E-state index is 0.360. The summed E-state index contributed by atoms with van der Waals surface area (Å²) >= 11 is 0. The predicted octanol–water partition coefficient (Wildman–Crippen LogP) is 2.93. The normalized spacial score (nSPS) is 12.2. The summed E-state index contributed by atoms with van der Waals surface area (Å²) in [6.45, 7) is 14.6. The lowest BCUT2D eigenvalue weighted by atomic mass is 10.0. The molecule has 0 unspecified atom stereocenters. The molecule has 0 aromatic rings. The van der Waals surface area contributed by atoms with E-state index in [-0.39, 0.29) is 5.60 Å². The summed E-state index contributed by atoms with van der Waals surface area (Å²) in [6.07, 6.45) is 2.63. The van der Waals surface area contributed by atoms with Crippen LogP contribution in [0.1, 0.15) is 40.5 Å². The van der Waals surface area contributed by atoms with E-state index in [1.807, 2.05) is 34.2 Å².